The second kappa shape index (κ2) is 9.57. The van der Waals surface area contributed by atoms with Crippen LogP contribution >= 0.6 is 23.1 Å². The summed E-state index contributed by atoms with van der Waals surface area (Å²) in [5.41, 5.74) is 1.55. The molecule has 28 heavy (non-hydrogen) atoms. The molecule has 0 amide bonds. The van der Waals surface area contributed by atoms with Gasteiger partial charge in [0, 0.05) is 11.3 Å². The van der Waals surface area contributed by atoms with Crippen molar-refractivity contribution >= 4 is 39.7 Å². The zero-order valence-corrected chi connectivity index (χ0v) is 17.5. The fourth-order valence-electron chi connectivity index (χ4n) is 2.43. The topological polar surface area (TPSA) is 73.3 Å². The molecule has 146 valence electrons. The first-order chi connectivity index (χ1) is 13.6. The van der Waals surface area contributed by atoms with Gasteiger partial charge in [0.1, 0.15) is 11.5 Å². The third kappa shape index (κ3) is 5.24. The van der Waals surface area contributed by atoms with E-state index >= 15 is 0 Å². The number of aromatic nitrogens is 2. The van der Waals surface area contributed by atoms with Crippen LogP contribution in [0, 0.1) is 0 Å². The summed E-state index contributed by atoms with van der Waals surface area (Å²) in [5, 5.41) is 11.9. The number of hydrogen-bond acceptors (Lipinski definition) is 8. The van der Waals surface area contributed by atoms with Crippen molar-refractivity contribution in [2.75, 3.05) is 19.0 Å². The Morgan fingerprint density at radius 1 is 1.11 bits per heavy atom. The van der Waals surface area contributed by atoms with Crippen molar-refractivity contribution in [3.05, 3.63) is 54.1 Å². The summed E-state index contributed by atoms with van der Waals surface area (Å²) in [6.45, 7) is 4.41. The largest absolute Gasteiger partial charge is 0.497 e. The molecular formula is C20H21N3O3S2. The van der Waals surface area contributed by atoms with Gasteiger partial charge in [-0.3, -0.25) is 4.79 Å². The number of ether oxygens (including phenoxy) is 2. The number of ketones is 1. The molecule has 2 aromatic carbocycles. The maximum absolute atomic E-state index is 12.6. The Morgan fingerprint density at radius 3 is 2.43 bits per heavy atom. The van der Waals surface area contributed by atoms with E-state index < -0.39 is 0 Å². The minimum Gasteiger partial charge on any atom is -0.497 e. The second-order valence-corrected chi connectivity index (χ2v) is 8.37. The van der Waals surface area contributed by atoms with Gasteiger partial charge in [-0.1, -0.05) is 23.1 Å². The van der Waals surface area contributed by atoms with Crippen LogP contribution in [0.15, 0.2) is 52.9 Å². The van der Waals surface area contributed by atoms with Crippen molar-refractivity contribution in [3.8, 4) is 11.5 Å². The van der Waals surface area contributed by atoms with Gasteiger partial charge in [-0.2, -0.15) is 0 Å². The highest BCUT2D eigenvalue weighted by molar-refractivity contribution is 8.02. The van der Waals surface area contributed by atoms with Gasteiger partial charge in [-0.15, -0.1) is 10.2 Å². The van der Waals surface area contributed by atoms with Gasteiger partial charge in [0.2, 0.25) is 5.13 Å². The van der Waals surface area contributed by atoms with Crippen LogP contribution in [-0.4, -0.2) is 34.9 Å². The molecule has 0 fully saturated rings. The Morgan fingerprint density at radius 2 is 1.79 bits per heavy atom. The van der Waals surface area contributed by atoms with Crippen molar-refractivity contribution in [1.29, 1.82) is 0 Å². The van der Waals surface area contributed by atoms with Crippen LogP contribution in [0.3, 0.4) is 0 Å². The Balaban J connectivity index is 1.59. The first-order valence-corrected chi connectivity index (χ1v) is 10.5. The number of benzene rings is 2. The predicted molar refractivity (Wildman–Crippen MR) is 113 cm³/mol. The smallest absolute Gasteiger partial charge is 0.210 e. The van der Waals surface area contributed by atoms with Gasteiger partial charge in [0.25, 0.3) is 0 Å². The van der Waals surface area contributed by atoms with Crippen molar-refractivity contribution in [2.24, 2.45) is 0 Å². The molecule has 1 atom stereocenters. The number of rotatable bonds is 9. The Bertz CT molecular complexity index is 911. The molecule has 0 unspecified atom stereocenters. The van der Waals surface area contributed by atoms with Crippen LogP contribution in [0.1, 0.15) is 24.2 Å². The molecule has 3 rings (SSSR count). The van der Waals surface area contributed by atoms with E-state index in [9.17, 15) is 4.79 Å². The fraction of sp³-hybridized carbons (Fsp3) is 0.250. The SMILES string of the molecule is CCOc1ccc(C(=O)[C@@H](C)Sc2nnc(Nc3ccc(OC)cc3)s2)cc1. The number of nitrogens with one attached hydrogen (secondary N) is 1. The lowest BCUT2D eigenvalue weighted by molar-refractivity contribution is 0.0994. The van der Waals surface area contributed by atoms with Crippen LogP contribution in [0.5, 0.6) is 11.5 Å². The molecule has 6 nitrogen and oxygen atoms in total. The van der Waals surface area contributed by atoms with Crippen LogP contribution in [0.4, 0.5) is 10.8 Å². The van der Waals surface area contributed by atoms with E-state index in [0.29, 0.717) is 17.3 Å². The summed E-state index contributed by atoms with van der Waals surface area (Å²) in [5.74, 6) is 1.60. The highest BCUT2D eigenvalue weighted by atomic mass is 32.2. The van der Waals surface area contributed by atoms with Crippen LogP contribution < -0.4 is 14.8 Å². The first kappa shape index (κ1) is 20.2. The molecule has 1 aromatic heterocycles. The van der Waals surface area contributed by atoms with E-state index in [2.05, 4.69) is 15.5 Å². The molecule has 0 aliphatic rings. The molecule has 3 aromatic rings. The number of hydrogen-bond donors (Lipinski definition) is 1. The van der Waals surface area contributed by atoms with Gasteiger partial charge in [-0.25, -0.2) is 0 Å². The molecular weight excluding hydrogens is 394 g/mol. The highest BCUT2D eigenvalue weighted by Crippen LogP contribution is 2.32. The summed E-state index contributed by atoms with van der Waals surface area (Å²) < 4.78 is 11.3. The molecule has 1 heterocycles. The van der Waals surface area contributed by atoms with E-state index in [1.807, 2.05) is 50.2 Å². The number of thioether (sulfide) groups is 1. The zero-order chi connectivity index (χ0) is 19.9. The Hall–Kier alpha value is -2.58. The van der Waals surface area contributed by atoms with Crippen molar-refractivity contribution in [2.45, 2.75) is 23.4 Å². The minimum absolute atomic E-state index is 0.0490. The maximum Gasteiger partial charge on any atom is 0.210 e. The number of carbonyl (C=O) groups is 1. The number of Topliss-reactive ketones (excluding diaryl/α,β-unsaturated/α-hetero) is 1. The fourth-order valence-corrected chi connectivity index (χ4v) is 4.42. The van der Waals surface area contributed by atoms with E-state index in [4.69, 9.17) is 9.47 Å². The second-order valence-electron chi connectivity index (χ2n) is 5.81. The first-order valence-electron chi connectivity index (χ1n) is 8.77. The Kier molecular flexibility index (Phi) is 6.89. The van der Waals surface area contributed by atoms with Gasteiger partial charge < -0.3 is 14.8 Å². The van der Waals surface area contributed by atoms with Crippen molar-refractivity contribution < 1.29 is 14.3 Å². The summed E-state index contributed by atoms with van der Waals surface area (Å²) in [6.07, 6.45) is 0. The molecule has 0 aliphatic carbocycles. The standard InChI is InChI=1S/C20H21N3O3S2/c1-4-26-17-9-5-14(6-10-17)18(24)13(2)27-20-23-22-19(28-20)21-15-7-11-16(25-3)12-8-15/h5-13H,4H2,1-3H3,(H,21,22)/t13-/m1/s1. The lowest BCUT2D eigenvalue weighted by Crippen LogP contribution is -2.13. The van der Waals surface area contributed by atoms with Crippen molar-refractivity contribution in [3.63, 3.8) is 0 Å². The summed E-state index contributed by atoms with van der Waals surface area (Å²) in [6, 6.07) is 14.8. The number of anilines is 2. The quantitative estimate of drug-likeness (QED) is 0.387. The van der Waals surface area contributed by atoms with Gasteiger partial charge in [0.15, 0.2) is 10.1 Å². The number of carbonyl (C=O) groups excluding carboxylic acids is 1. The molecule has 0 spiro atoms. The normalized spacial score (nSPS) is 11.7. The average Bonchev–Trinajstić information content (AvgIpc) is 3.15. The van der Waals surface area contributed by atoms with Crippen molar-refractivity contribution in [1.82, 2.24) is 10.2 Å². The lowest BCUT2D eigenvalue weighted by Gasteiger charge is -2.09. The van der Waals surface area contributed by atoms with Gasteiger partial charge in [-0.05, 0) is 62.4 Å². The number of nitrogens with zero attached hydrogens (tertiary/aromatic N) is 2. The highest BCUT2D eigenvalue weighted by Gasteiger charge is 2.19. The van der Waals surface area contributed by atoms with Crippen LogP contribution in [-0.2, 0) is 0 Å². The van der Waals surface area contributed by atoms with Gasteiger partial charge >= 0.3 is 0 Å². The van der Waals surface area contributed by atoms with Crippen LogP contribution in [0.2, 0.25) is 0 Å². The summed E-state index contributed by atoms with van der Waals surface area (Å²) in [4.78, 5) is 12.6. The molecule has 0 bridgehead atoms. The molecule has 8 heteroatoms. The number of methoxy groups -OCH3 is 1. The average molecular weight is 416 g/mol. The van der Waals surface area contributed by atoms with E-state index in [1.54, 1.807) is 19.2 Å². The summed E-state index contributed by atoms with van der Waals surface area (Å²) in [7, 11) is 1.63. The summed E-state index contributed by atoms with van der Waals surface area (Å²) >= 11 is 2.82. The maximum atomic E-state index is 12.6. The van der Waals surface area contributed by atoms with E-state index in [-0.39, 0.29) is 11.0 Å². The third-order valence-electron chi connectivity index (χ3n) is 3.84. The third-order valence-corrected chi connectivity index (χ3v) is 5.87. The molecule has 0 aliphatic heterocycles. The Labute approximate surface area is 172 Å². The van der Waals surface area contributed by atoms with E-state index in [0.717, 1.165) is 21.5 Å². The molecule has 0 radical (unpaired) electrons. The molecule has 0 saturated heterocycles. The lowest BCUT2D eigenvalue weighted by atomic mass is 10.1. The van der Waals surface area contributed by atoms with E-state index in [1.165, 1.54) is 23.1 Å². The van der Waals surface area contributed by atoms with Gasteiger partial charge in [0.05, 0.1) is 19.0 Å². The minimum atomic E-state index is -0.264. The predicted octanol–water partition coefficient (Wildman–Crippen LogP) is 5.05. The molecule has 0 saturated carbocycles. The monoisotopic (exact) mass is 415 g/mol. The zero-order valence-electron chi connectivity index (χ0n) is 15.8. The van der Waals surface area contributed by atoms with Crippen LogP contribution in [0.25, 0.3) is 0 Å². The molecule has 1 N–H and O–H groups in total.